The number of rotatable bonds is 8. The Balaban J connectivity index is 0.00000288. The lowest BCUT2D eigenvalue weighted by Gasteiger charge is -2.08. The lowest BCUT2D eigenvalue weighted by atomic mass is 10.1. The number of hydrogen-bond donors (Lipinski definition) is 2. The first kappa shape index (κ1) is 23.2. The highest BCUT2D eigenvalue weighted by atomic mass is 35.5. The van der Waals surface area contributed by atoms with E-state index in [4.69, 9.17) is 10.5 Å². The van der Waals surface area contributed by atoms with Crippen molar-refractivity contribution in [3.63, 3.8) is 0 Å². The van der Waals surface area contributed by atoms with E-state index < -0.39 is 0 Å². The van der Waals surface area contributed by atoms with Crippen LogP contribution < -0.4 is 15.8 Å². The number of aromatic nitrogens is 1. The van der Waals surface area contributed by atoms with Crippen molar-refractivity contribution in [2.75, 3.05) is 13.1 Å². The molecular formula is C18H25Cl2N3O2. The molecule has 0 radical (unpaired) electrons. The molecule has 0 bridgehead atoms. The van der Waals surface area contributed by atoms with Gasteiger partial charge in [0.1, 0.15) is 12.4 Å². The fraction of sp³-hybridized carbons (Fsp3) is 0.333. The van der Waals surface area contributed by atoms with E-state index in [1.54, 1.807) is 12.3 Å². The Morgan fingerprint density at radius 1 is 1.20 bits per heavy atom. The van der Waals surface area contributed by atoms with Crippen molar-refractivity contribution >= 4 is 30.7 Å². The van der Waals surface area contributed by atoms with E-state index in [-0.39, 0.29) is 30.7 Å². The summed E-state index contributed by atoms with van der Waals surface area (Å²) in [4.78, 5) is 16.3. The van der Waals surface area contributed by atoms with Gasteiger partial charge in [-0.25, -0.2) is 0 Å². The van der Waals surface area contributed by atoms with Gasteiger partial charge in [-0.15, -0.1) is 24.8 Å². The molecule has 0 aliphatic carbocycles. The fourth-order valence-electron chi connectivity index (χ4n) is 2.08. The summed E-state index contributed by atoms with van der Waals surface area (Å²) in [5.41, 5.74) is 7.97. The molecule has 0 saturated heterocycles. The van der Waals surface area contributed by atoms with Gasteiger partial charge in [0.05, 0.1) is 6.20 Å². The molecule has 25 heavy (non-hydrogen) atoms. The highest BCUT2D eigenvalue weighted by Crippen LogP contribution is 2.12. The molecule has 3 N–H and O–H groups in total. The Morgan fingerprint density at radius 2 is 2.00 bits per heavy atom. The summed E-state index contributed by atoms with van der Waals surface area (Å²) in [6.45, 7) is 3.63. The Kier molecular flexibility index (Phi) is 11.6. The molecule has 5 nitrogen and oxygen atoms in total. The number of nitrogens with one attached hydrogen (secondary N) is 1. The van der Waals surface area contributed by atoms with Gasteiger partial charge in [-0.2, -0.15) is 0 Å². The van der Waals surface area contributed by atoms with Crippen LogP contribution in [0, 0.1) is 6.92 Å². The maximum absolute atomic E-state index is 12.1. The van der Waals surface area contributed by atoms with Gasteiger partial charge >= 0.3 is 0 Å². The van der Waals surface area contributed by atoms with E-state index in [0.717, 1.165) is 24.1 Å². The Bertz CT molecular complexity index is 636. The lowest BCUT2D eigenvalue weighted by molar-refractivity contribution is 0.0953. The van der Waals surface area contributed by atoms with Crippen molar-refractivity contribution in [3.05, 3.63) is 59.4 Å². The van der Waals surface area contributed by atoms with E-state index in [1.165, 1.54) is 0 Å². The van der Waals surface area contributed by atoms with Crippen LogP contribution in [0.1, 0.15) is 34.5 Å². The average Bonchev–Trinajstić information content (AvgIpc) is 2.58. The van der Waals surface area contributed by atoms with E-state index in [2.05, 4.69) is 10.3 Å². The topological polar surface area (TPSA) is 77.2 Å². The molecule has 0 saturated carbocycles. The van der Waals surface area contributed by atoms with Crippen molar-refractivity contribution < 1.29 is 9.53 Å². The van der Waals surface area contributed by atoms with Gasteiger partial charge in [0.15, 0.2) is 0 Å². The predicted molar refractivity (Wildman–Crippen MR) is 105 cm³/mol. The van der Waals surface area contributed by atoms with Crippen LogP contribution in [0.25, 0.3) is 0 Å². The third-order valence-electron chi connectivity index (χ3n) is 3.40. The number of hydrogen-bond acceptors (Lipinski definition) is 4. The van der Waals surface area contributed by atoms with Crippen LogP contribution in [-0.4, -0.2) is 24.0 Å². The molecule has 2 rings (SSSR count). The molecule has 1 aromatic heterocycles. The second-order valence-corrected chi connectivity index (χ2v) is 5.38. The first-order valence-electron chi connectivity index (χ1n) is 7.81. The van der Waals surface area contributed by atoms with Crippen LogP contribution >= 0.6 is 24.8 Å². The average molecular weight is 386 g/mol. The van der Waals surface area contributed by atoms with Crippen molar-refractivity contribution in [2.24, 2.45) is 5.73 Å². The summed E-state index contributed by atoms with van der Waals surface area (Å²) in [5, 5.41) is 2.90. The van der Waals surface area contributed by atoms with Gasteiger partial charge in [-0.3, -0.25) is 9.78 Å². The molecule has 7 heteroatoms. The molecule has 0 spiro atoms. The largest absolute Gasteiger partial charge is 0.487 e. The fourth-order valence-corrected chi connectivity index (χ4v) is 2.08. The van der Waals surface area contributed by atoms with Crippen molar-refractivity contribution in [1.82, 2.24) is 10.3 Å². The number of halogens is 2. The predicted octanol–water partition coefficient (Wildman–Crippen LogP) is 3.28. The van der Waals surface area contributed by atoms with Crippen LogP contribution in [0.5, 0.6) is 5.75 Å². The van der Waals surface area contributed by atoms with Gasteiger partial charge in [-0.05, 0) is 56.1 Å². The maximum Gasteiger partial charge on any atom is 0.251 e. The standard InChI is InChI=1S/C18H23N3O2.2ClH/c1-14-7-8-17(12-21-14)23-13-15-5-4-6-16(11-15)18(22)20-10-3-2-9-19;;/h4-8,11-12H,2-3,9-10,13,19H2,1H3,(H,20,22);2*1H. The van der Waals surface area contributed by atoms with Gasteiger partial charge in [-0.1, -0.05) is 12.1 Å². The van der Waals surface area contributed by atoms with Crippen molar-refractivity contribution in [2.45, 2.75) is 26.4 Å². The molecule has 138 valence electrons. The normalized spacial score (nSPS) is 9.52. The molecule has 1 amide bonds. The summed E-state index contributed by atoms with van der Waals surface area (Å²) in [7, 11) is 0. The molecular weight excluding hydrogens is 361 g/mol. The van der Waals surface area contributed by atoms with Crippen LogP contribution in [0.15, 0.2) is 42.6 Å². The van der Waals surface area contributed by atoms with Crippen LogP contribution in [0.2, 0.25) is 0 Å². The first-order valence-corrected chi connectivity index (χ1v) is 7.81. The SMILES string of the molecule is Cc1ccc(OCc2cccc(C(=O)NCCCCN)c2)cn1.Cl.Cl. The van der Waals surface area contributed by atoms with Crippen LogP contribution in [0.4, 0.5) is 0 Å². The Labute approximate surface area is 161 Å². The number of ether oxygens (including phenoxy) is 1. The van der Waals surface area contributed by atoms with E-state index >= 15 is 0 Å². The zero-order valence-corrected chi connectivity index (χ0v) is 15.9. The number of pyridine rings is 1. The zero-order chi connectivity index (χ0) is 16.5. The van der Waals surface area contributed by atoms with Crippen LogP contribution in [0.3, 0.4) is 0 Å². The van der Waals surface area contributed by atoms with Crippen molar-refractivity contribution in [1.29, 1.82) is 0 Å². The first-order chi connectivity index (χ1) is 11.2. The highest BCUT2D eigenvalue weighted by molar-refractivity contribution is 5.94. The Hall–Kier alpha value is -1.82. The summed E-state index contributed by atoms with van der Waals surface area (Å²) in [6, 6.07) is 11.2. The van der Waals surface area contributed by atoms with Gasteiger partial charge in [0, 0.05) is 17.8 Å². The number of nitrogens with zero attached hydrogens (tertiary/aromatic N) is 1. The minimum atomic E-state index is -0.0686. The number of carbonyl (C=O) groups excluding carboxylic acids is 1. The van der Waals surface area contributed by atoms with Gasteiger partial charge < -0.3 is 15.8 Å². The number of aryl methyl sites for hydroxylation is 1. The maximum atomic E-state index is 12.1. The summed E-state index contributed by atoms with van der Waals surface area (Å²) in [6.07, 6.45) is 3.51. The highest BCUT2D eigenvalue weighted by Gasteiger charge is 2.06. The molecule has 0 aliphatic heterocycles. The van der Waals surface area contributed by atoms with E-state index in [9.17, 15) is 4.79 Å². The molecule has 1 heterocycles. The number of carbonyl (C=O) groups is 1. The quantitative estimate of drug-likeness (QED) is 0.683. The molecule has 1 aromatic carbocycles. The summed E-state index contributed by atoms with van der Waals surface area (Å²) >= 11 is 0. The van der Waals surface area contributed by atoms with E-state index in [0.29, 0.717) is 31.0 Å². The minimum Gasteiger partial charge on any atom is -0.487 e. The number of benzene rings is 1. The van der Waals surface area contributed by atoms with Crippen LogP contribution in [-0.2, 0) is 6.61 Å². The second kappa shape index (κ2) is 12.5. The number of amides is 1. The lowest BCUT2D eigenvalue weighted by Crippen LogP contribution is -2.25. The second-order valence-electron chi connectivity index (χ2n) is 5.38. The monoisotopic (exact) mass is 385 g/mol. The summed E-state index contributed by atoms with van der Waals surface area (Å²) < 4.78 is 5.69. The molecule has 2 aromatic rings. The molecule has 0 atom stereocenters. The summed E-state index contributed by atoms with van der Waals surface area (Å²) in [5.74, 6) is 0.646. The van der Waals surface area contributed by atoms with Gasteiger partial charge in [0.25, 0.3) is 5.91 Å². The Morgan fingerprint density at radius 3 is 2.68 bits per heavy atom. The number of nitrogens with two attached hydrogens (primary N) is 1. The molecule has 0 fully saturated rings. The van der Waals surface area contributed by atoms with Crippen molar-refractivity contribution in [3.8, 4) is 5.75 Å². The van der Waals surface area contributed by atoms with E-state index in [1.807, 2.05) is 37.3 Å². The zero-order valence-electron chi connectivity index (χ0n) is 14.2. The third-order valence-corrected chi connectivity index (χ3v) is 3.40. The molecule has 0 unspecified atom stereocenters. The third kappa shape index (κ3) is 8.20. The van der Waals surface area contributed by atoms with Gasteiger partial charge in [0.2, 0.25) is 0 Å². The smallest absolute Gasteiger partial charge is 0.251 e. The number of unbranched alkanes of at least 4 members (excludes halogenated alkanes) is 1. The molecule has 0 aliphatic rings. The minimum absolute atomic E-state index is 0.